The normalized spacial score (nSPS) is 12.7. The van der Waals surface area contributed by atoms with Crippen molar-refractivity contribution >= 4 is 29.3 Å². The summed E-state index contributed by atoms with van der Waals surface area (Å²) in [6, 6.07) is 0.661. The molecule has 20 heavy (non-hydrogen) atoms. The molecule has 0 saturated heterocycles. The van der Waals surface area contributed by atoms with Crippen molar-refractivity contribution in [1.29, 1.82) is 0 Å². The molecule has 2 amide bonds. The zero-order valence-corrected chi connectivity index (χ0v) is 10.8. The summed E-state index contributed by atoms with van der Waals surface area (Å²) in [6.07, 6.45) is -4.70. The molecule has 1 atom stereocenters. The lowest BCUT2D eigenvalue weighted by atomic mass is 10.1. The van der Waals surface area contributed by atoms with Gasteiger partial charge in [-0.25, -0.2) is 4.79 Å². The first-order valence-corrected chi connectivity index (χ1v) is 5.66. The summed E-state index contributed by atoms with van der Waals surface area (Å²) in [5, 5.41) is 12.1. The number of rotatable bonds is 3. The molecule has 5 nitrogen and oxygen atoms in total. The molecule has 0 aliphatic rings. The Bertz CT molecular complexity index is 534. The lowest BCUT2D eigenvalue weighted by Crippen LogP contribution is -2.41. The number of para-hydroxylation sites is 1. The second kappa shape index (κ2) is 6.00. The first-order chi connectivity index (χ1) is 9.12. The van der Waals surface area contributed by atoms with E-state index in [1.54, 1.807) is 0 Å². The molecule has 1 aromatic carbocycles. The predicted octanol–water partition coefficient (Wildman–Crippen LogP) is 2.95. The van der Waals surface area contributed by atoms with Gasteiger partial charge in [0.1, 0.15) is 6.04 Å². The number of anilines is 1. The Balaban J connectivity index is 2.98. The Morgan fingerprint density at radius 3 is 2.45 bits per heavy atom. The van der Waals surface area contributed by atoms with Gasteiger partial charge in [0.05, 0.1) is 16.3 Å². The molecule has 1 unspecified atom stereocenters. The van der Waals surface area contributed by atoms with E-state index in [0.29, 0.717) is 0 Å². The van der Waals surface area contributed by atoms with Crippen molar-refractivity contribution in [2.75, 3.05) is 5.32 Å². The standard InChI is InChI=1S/C11H10ClF3N2O3/c1-5(9(18)19)16-10(20)17-8-6(11(13,14)15)3-2-4-7(8)12/h2-5H,1H3,(H,18,19)(H2,16,17,20). The number of benzene rings is 1. The van der Waals surface area contributed by atoms with Crippen LogP contribution in [0.2, 0.25) is 5.02 Å². The molecule has 0 spiro atoms. The molecule has 0 heterocycles. The van der Waals surface area contributed by atoms with Gasteiger partial charge in [0.25, 0.3) is 0 Å². The average Bonchev–Trinajstić information content (AvgIpc) is 2.29. The van der Waals surface area contributed by atoms with Gasteiger partial charge in [-0.05, 0) is 19.1 Å². The molecule has 1 rings (SSSR count). The zero-order chi connectivity index (χ0) is 15.5. The molecule has 0 aliphatic carbocycles. The van der Waals surface area contributed by atoms with Crippen LogP contribution < -0.4 is 10.6 Å². The molecule has 3 N–H and O–H groups in total. The fraction of sp³-hybridized carbons (Fsp3) is 0.273. The van der Waals surface area contributed by atoms with Crippen LogP contribution in [0.4, 0.5) is 23.7 Å². The van der Waals surface area contributed by atoms with Crippen molar-refractivity contribution in [2.24, 2.45) is 0 Å². The SMILES string of the molecule is CC(NC(=O)Nc1c(Cl)cccc1C(F)(F)F)C(=O)O. The number of halogens is 4. The maximum absolute atomic E-state index is 12.7. The van der Waals surface area contributed by atoms with E-state index >= 15 is 0 Å². The number of aliphatic carboxylic acids is 1. The van der Waals surface area contributed by atoms with E-state index in [-0.39, 0.29) is 5.02 Å². The van der Waals surface area contributed by atoms with Crippen molar-refractivity contribution in [3.05, 3.63) is 28.8 Å². The second-order valence-corrected chi connectivity index (χ2v) is 4.23. The maximum Gasteiger partial charge on any atom is 0.418 e. The fourth-order valence-electron chi connectivity index (χ4n) is 1.30. The number of nitrogens with one attached hydrogen (secondary N) is 2. The smallest absolute Gasteiger partial charge is 0.418 e. The lowest BCUT2D eigenvalue weighted by molar-refractivity contribution is -0.139. The van der Waals surface area contributed by atoms with Gasteiger partial charge in [0, 0.05) is 0 Å². The first-order valence-electron chi connectivity index (χ1n) is 5.29. The number of carboxylic acid groups (broad SMARTS) is 1. The highest BCUT2D eigenvalue weighted by Crippen LogP contribution is 2.38. The number of carbonyl (C=O) groups excluding carboxylic acids is 1. The van der Waals surface area contributed by atoms with Gasteiger partial charge in [-0.1, -0.05) is 17.7 Å². The van der Waals surface area contributed by atoms with Crippen molar-refractivity contribution in [2.45, 2.75) is 19.1 Å². The van der Waals surface area contributed by atoms with E-state index in [4.69, 9.17) is 16.7 Å². The Morgan fingerprint density at radius 1 is 1.35 bits per heavy atom. The summed E-state index contributed by atoms with van der Waals surface area (Å²) in [4.78, 5) is 22.0. The minimum absolute atomic E-state index is 0.307. The highest BCUT2D eigenvalue weighted by molar-refractivity contribution is 6.34. The Morgan fingerprint density at radius 2 is 1.95 bits per heavy atom. The molecule has 1 aromatic rings. The minimum Gasteiger partial charge on any atom is -0.480 e. The third-order valence-corrected chi connectivity index (χ3v) is 2.59. The van der Waals surface area contributed by atoms with Crippen LogP contribution in [0.3, 0.4) is 0 Å². The maximum atomic E-state index is 12.7. The van der Waals surface area contributed by atoms with Gasteiger partial charge >= 0.3 is 18.2 Å². The number of hydrogen-bond donors (Lipinski definition) is 3. The van der Waals surface area contributed by atoms with Crippen LogP contribution in [-0.4, -0.2) is 23.1 Å². The van der Waals surface area contributed by atoms with E-state index in [1.165, 1.54) is 13.0 Å². The summed E-state index contributed by atoms with van der Waals surface area (Å²) in [5.74, 6) is -1.32. The van der Waals surface area contributed by atoms with Gasteiger partial charge in [0.2, 0.25) is 0 Å². The van der Waals surface area contributed by atoms with Crippen LogP contribution in [0.15, 0.2) is 18.2 Å². The number of carbonyl (C=O) groups is 2. The van der Waals surface area contributed by atoms with Crippen LogP contribution in [0.1, 0.15) is 12.5 Å². The van der Waals surface area contributed by atoms with Crippen LogP contribution in [-0.2, 0) is 11.0 Å². The Kier molecular flexibility index (Phi) is 4.83. The van der Waals surface area contributed by atoms with Gasteiger partial charge in [-0.15, -0.1) is 0 Å². The zero-order valence-electron chi connectivity index (χ0n) is 10.1. The molecule has 0 aromatic heterocycles. The summed E-state index contributed by atoms with van der Waals surface area (Å²) in [7, 11) is 0. The summed E-state index contributed by atoms with van der Waals surface area (Å²) < 4.78 is 38.2. The summed E-state index contributed by atoms with van der Waals surface area (Å²) in [5.41, 5.74) is -1.75. The van der Waals surface area contributed by atoms with Gasteiger partial charge in [-0.2, -0.15) is 13.2 Å². The third kappa shape index (κ3) is 4.02. The number of hydrogen-bond acceptors (Lipinski definition) is 2. The average molecular weight is 311 g/mol. The van der Waals surface area contributed by atoms with E-state index < -0.39 is 35.5 Å². The van der Waals surface area contributed by atoms with Crippen LogP contribution in [0.5, 0.6) is 0 Å². The number of urea groups is 1. The highest BCUT2D eigenvalue weighted by Gasteiger charge is 2.34. The Hall–Kier alpha value is -1.96. The predicted molar refractivity (Wildman–Crippen MR) is 65.7 cm³/mol. The van der Waals surface area contributed by atoms with E-state index in [2.05, 4.69) is 0 Å². The number of alkyl halides is 3. The molecule has 0 aliphatic heterocycles. The molecule has 0 saturated carbocycles. The molecular weight excluding hydrogens is 301 g/mol. The molecule has 0 bridgehead atoms. The van der Waals surface area contributed by atoms with Gasteiger partial charge < -0.3 is 15.7 Å². The van der Waals surface area contributed by atoms with Gasteiger partial charge in [0.15, 0.2) is 0 Å². The topological polar surface area (TPSA) is 78.4 Å². The van der Waals surface area contributed by atoms with E-state index in [9.17, 15) is 22.8 Å². The molecular formula is C11H10ClF3N2O3. The fourth-order valence-corrected chi connectivity index (χ4v) is 1.52. The van der Waals surface area contributed by atoms with Gasteiger partial charge in [-0.3, -0.25) is 4.79 Å². The number of amides is 2. The van der Waals surface area contributed by atoms with Crippen molar-refractivity contribution in [3.63, 3.8) is 0 Å². The lowest BCUT2D eigenvalue weighted by Gasteiger charge is -2.16. The van der Waals surface area contributed by atoms with E-state index in [1.807, 2.05) is 10.6 Å². The van der Waals surface area contributed by atoms with Crippen LogP contribution >= 0.6 is 11.6 Å². The second-order valence-electron chi connectivity index (χ2n) is 3.82. The largest absolute Gasteiger partial charge is 0.480 e. The molecule has 0 radical (unpaired) electrons. The molecule has 9 heteroatoms. The van der Waals surface area contributed by atoms with Crippen molar-refractivity contribution in [1.82, 2.24) is 5.32 Å². The van der Waals surface area contributed by atoms with Crippen molar-refractivity contribution in [3.8, 4) is 0 Å². The third-order valence-electron chi connectivity index (χ3n) is 2.28. The van der Waals surface area contributed by atoms with Crippen molar-refractivity contribution < 1.29 is 27.9 Å². The quantitative estimate of drug-likeness (QED) is 0.803. The minimum atomic E-state index is -4.70. The molecule has 110 valence electrons. The number of carboxylic acids is 1. The van der Waals surface area contributed by atoms with Crippen LogP contribution in [0, 0.1) is 0 Å². The van der Waals surface area contributed by atoms with E-state index in [0.717, 1.165) is 12.1 Å². The molecule has 0 fully saturated rings. The summed E-state index contributed by atoms with van der Waals surface area (Å²) >= 11 is 5.62. The Labute approximate surface area is 116 Å². The highest BCUT2D eigenvalue weighted by atomic mass is 35.5. The summed E-state index contributed by atoms with van der Waals surface area (Å²) in [6.45, 7) is 1.17. The first kappa shape index (κ1) is 16.1. The van der Waals surface area contributed by atoms with Crippen LogP contribution in [0.25, 0.3) is 0 Å². The monoisotopic (exact) mass is 310 g/mol.